The lowest BCUT2D eigenvalue weighted by Crippen LogP contribution is -2.42. The summed E-state index contributed by atoms with van der Waals surface area (Å²) in [6.07, 6.45) is 6.08. The first-order valence-corrected chi connectivity index (χ1v) is 8.70. The maximum Gasteiger partial charge on any atom is 0.231 e. The van der Waals surface area contributed by atoms with E-state index in [0.717, 1.165) is 25.7 Å². The topological polar surface area (TPSA) is 55.1 Å². The Morgan fingerprint density at radius 1 is 1.19 bits per heavy atom. The summed E-state index contributed by atoms with van der Waals surface area (Å²) in [4.78, 5) is 12.7. The quantitative estimate of drug-likeness (QED) is 0.561. The normalized spacial score (nSPS) is 18.1. The Hall–Kier alpha value is -0.290. The van der Waals surface area contributed by atoms with Gasteiger partial charge < -0.3 is 11.1 Å². The van der Waals surface area contributed by atoms with Crippen molar-refractivity contribution in [1.82, 2.24) is 0 Å². The van der Waals surface area contributed by atoms with E-state index in [-0.39, 0.29) is 5.91 Å². The number of halogens is 3. The molecule has 0 saturated heterocycles. The van der Waals surface area contributed by atoms with Gasteiger partial charge in [0.25, 0.3) is 0 Å². The van der Waals surface area contributed by atoms with Gasteiger partial charge in [-0.15, -0.1) is 0 Å². The van der Waals surface area contributed by atoms with Crippen molar-refractivity contribution in [2.45, 2.75) is 38.5 Å². The second-order valence-corrected chi connectivity index (χ2v) is 7.19. The molecule has 0 bridgehead atoms. The van der Waals surface area contributed by atoms with Crippen molar-refractivity contribution in [3.8, 4) is 0 Å². The minimum absolute atomic E-state index is 0.0489. The molecule has 0 spiro atoms. The monoisotopic (exact) mass is 392 g/mol. The van der Waals surface area contributed by atoms with Crippen molar-refractivity contribution in [3.63, 3.8) is 0 Å². The molecule has 1 saturated carbocycles. The standard InChI is InChI=1S/C15H19BrCl2N2O/c16-10-5-6-11(13(18)12(10)17)20-14(21)15(9-19)7-3-1-2-4-8-15/h5-6H,1-4,7-9,19H2,(H,20,21). The van der Waals surface area contributed by atoms with Gasteiger partial charge in [-0.3, -0.25) is 4.79 Å². The fraction of sp³-hybridized carbons (Fsp3) is 0.533. The molecule has 116 valence electrons. The van der Waals surface area contributed by atoms with Gasteiger partial charge in [0, 0.05) is 11.0 Å². The predicted molar refractivity (Wildman–Crippen MR) is 92.0 cm³/mol. The predicted octanol–water partition coefficient (Wildman–Crippen LogP) is 4.99. The number of carbonyl (C=O) groups excluding carboxylic acids is 1. The number of hydrogen-bond acceptors (Lipinski definition) is 2. The van der Waals surface area contributed by atoms with E-state index in [1.54, 1.807) is 12.1 Å². The average Bonchev–Trinajstić information content (AvgIpc) is 2.74. The Kier molecular flexibility index (Phi) is 5.95. The van der Waals surface area contributed by atoms with E-state index in [1.807, 2.05) is 0 Å². The van der Waals surface area contributed by atoms with Crippen molar-refractivity contribution >= 4 is 50.7 Å². The third-order valence-corrected chi connectivity index (χ3v) is 5.99. The third kappa shape index (κ3) is 3.73. The van der Waals surface area contributed by atoms with E-state index in [2.05, 4.69) is 21.2 Å². The summed E-state index contributed by atoms with van der Waals surface area (Å²) in [6.45, 7) is 0.362. The van der Waals surface area contributed by atoms with Crippen LogP contribution in [0.5, 0.6) is 0 Å². The Morgan fingerprint density at radius 3 is 2.38 bits per heavy atom. The van der Waals surface area contributed by atoms with Gasteiger partial charge >= 0.3 is 0 Å². The van der Waals surface area contributed by atoms with E-state index >= 15 is 0 Å². The summed E-state index contributed by atoms with van der Waals surface area (Å²) >= 11 is 15.6. The molecule has 1 fully saturated rings. The highest BCUT2D eigenvalue weighted by Crippen LogP contribution is 2.39. The molecule has 0 aliphatic heterocycles. The number of nitrogens with two attached hydrogens (primary N) is 1. The van der Waals surface area contributed by atoms with Gasteiger partial charge in [0.15, 0.2) is 0 Å². The molecule has 0 aromatic heterocycles. The van der Waals surface area contributed by atoms with Crippen LogP contribution in [0, 0.1) is 5.41 Å². The second kappa shape index (κ2) is 7.32. The van der Waals surface area contributed by atoms with E-state index in [1.165, 1.54) is 12.8 Å². The number of hydrogen-bond donors (Lipinski definition) is 2. The van der Waals surface area contributed by atoms with Gasteiger partial charge in [0.05, 0.1) is 21.1 Å². The summed E-state index contributed by atoms with van der Waals surface area (Å²) in [5.74, 6) is -0.0489. The summed E-state index contributed by atoms with van der Waals surface area (Å²) in [5.41, 5.74) is 5.97. The molecule has 6 heteroatoms. The molecule has 1 amide bonds. The van der Waals surface area contributed by atoms with Crippen molar-refractivity contribution < 1.29 is 4.79 Å². The van der Waals surface area contributed by atoms with Crippen LogP contribution in [0.15, 0.2) is 16.6 Å². The van der Waals surface area contributed by atoms with Crippen LogP contribution < -0.4 is 11.1 Å². The number of amides is 1. The molecule has 2 rings (SSSR count). The lowest BCUT2D eigenvalue weighted by Gasteiger charge is -2.30. The van der Waals surface area contributed by atoms with Crippen LogP contribution in [-0.2, 0) is 4.79 Å². The Morgan fingerprint density at radius 2 is 1.81 bits per heavy atom. The zero-order chi connectivity index (χ0) is 15.5. The number of nitrogens with one attached hydrogen (secondary N) is 1. The Labute approximate surface area is 143 Å². The van der Waals surface area contributed by atoms with Crippen molar-refractivity contribution in [3.05, 3.63) is 26.7 Å². The second-order valence-electron chi connectivity index (χ2n) is 5.58. The summed E-state index contributed by atoms with van der Waals surface area (Å²) in [5, 5.41) is 3.66. The van der Waals surface area contributed by atoms with Gasteiger partial charge in [-0.05, 0) is 40.9 Å². The Bertz CT molecular complexity index is 529. The molecule has 0 heterocycles. The molecule has 0 radical (unpaired) electrons. The fourth-order valence-electron chi connectivity index (χ4n) is 2.81. The molecule has 3 nitrogen and oxygen atoms in total. The van der Waals surface area contributed by atoms with Gasteiger partial charge in [-0.2, -0.15) is 0 Å². The van der Waals surface area contributed by atoms with E-state index in [9.17, 15) is 4.79 Å². The third-order valence-electron chi connectivity index (χ3n) is 4.22. The zero-order valence-electron chi connectivity index (χ0n) is 11.7. The molecule has 0 atom stereocenters. The first-order chi connectivity index (χ1) is 10.00. The van der Waals surface area contributed by atoms with E-state index < -0.39 is 5.41 Å². The highest BCUT2D eigenvalue weighted by atomic mass is 79.9. The van der Waals surface area contributed by atoms with Crippen molar-refractivity contribution in [2.24, 2.45) is 11.1 Å². The highest BCUT2D eigenvalue weighted by molar-refractivity contribution is 9.10. The molecule has 1 aromatic carbocycles. The first kappa shape index (κ1) is 17.1. The SMILES string of the molecule is NCC1(C(=O)Nc2ccc(Br)c(Cl)c2Cl)CCCCCC1. The van der Waals surface area contributed by atoms with E-state index in [4.69, 9.17) is 28.9 Å². The molecule has 1 aliphatic rings. The molecule has 0 unspecified atom stereocenters. The number of rotatable bonds is 3. The smallest absolute Gasteiger partial charge is 0.231 e. The maximum absolute atomic E-state index is 12.7. The lowest BCUT2D eigenvalue weighted by atomic mass is 9.79. The van der Waals surface area contributed by atoms with Crippen LogP contribution in [0.4, 0.5) is 5.69 Å². The van der Waals surface area contributed by atoms with Crippen LogP contribution >= 0.6 is 39.1 Å². The van der Waals surface area contributed by atoms with Gasteiger partial charge in [0.2, 0.25) is 5.91 Å². The van der Waals surface area contributed by atoms with Gasteiger partial charge in [-0.25, -0.2) is 0 Å². The minimum Gasteiger partial charge on any atom is -0.329 e. The van der Waals surface area contributed by atoms with Crippen molar-refractivity contribution in [2.75, 3.05) is 11.9 Å². The first-order valence-electron chi connectivity index (χ1n) is 7.15. The van der Waals surface area contributed by atoms with Gasteiger partial charge in [0.1, 0.15) is 0 Å². The average molecular weight is 394 g/mol. The van der Waals surface area contributed by atoms with Crippen LogP contribution in [0.25, 0.3) is 0 Å². The van der Waals surface area contributed by atoms with Crippen LogP contribution in [-0.4, -0.2) is 12.5 Å². The molecular weight excluding hydrogens is 375 g/mol. The fourth-order valence-corrected chi connectivity index (χ4v) is 3.63. The van der Waals surface area contributed by atoms with E-state index in [0.29, 0.717) is 26.8 Å². The minimum atomic E-state index is -0.487. The lowest BCUT2D eigenvalue weighted by molar-refractivity contribution is -0.125. The molecule has 21 heavy (non-hydrogen) atoms. The summed E-state index contributed by atoms with van der Waals surface area (Å²) in [7, 11) is 0. The Balaban J connectivity index is 2.21. The largest absolute Gasteiger partial charge is 0.329 e. The van der Waals surface area contributed by atoms with Crippen LogP contribution in [0.2, 0.25) is 10.0 Å². The van der Waals surface area contributed by atoms with Crippen LogP contribution in [0.1, 0.15) is 38.5 Å². The maximum atomic E-state index is 12.7. The number of carbonyl (C=O) groups is 1. The molecule has 1 aliphatic carbocycles. The molecular formula is C15H19BrCl2N2O. The molecule has 3 N–H and O–H groups in total. The van der Waals surface area contributed by atoms with Gasteiger partial charge in [-0.1, -0.05) is 48.9 Å². The van der Waals surface area contributed by atoms with Crippen molar-refractivity contribution in [1.29, 1.82) is 0 Å². The summed E-state index contributed by atoms with van der Waals surface area (Å²) < 4.78 is 0.704. The zero-order valence-corrected chi connectivity index (χ0v) is 14.8. The highest BCUT2D eigenvalue weighted by Gasteiger charge is 2.37. The molecule has 1 aromatic rings. The number of anilines is 1. The van der Waals surface area contributed by atoms with Crippen LogP contribution in [0.3, 0.4) is 0 Å². The summed E-state index contributed by atoms with van der Waals surface area (Å²) in [6, 6.07) is 3.52. The number of benzene rings is 1.